The maximum absolute atomic E-state index is 11.4. The molecule has 2 fully saturated rings. The molecule has 1 N–H and O–H groups in total. The van der Waals surface area contributed by atoms with Crippen LogP contribution in [0.2, 0.25) is 0 Å². The minimum Gasteiger partial charge on any atom is -0.330 e. The summed E-state index contributed by atoms with van der Waals surface area (Å²) in [5.41, 5.74) is 0. The first kappa shape index (κ1) is 16.4. The van der Waals surface area contributed by atoms with Gasteiger partial charge in [0.05, 0.1) is 6.42 Å². The molecule has 11 nitrogen and oxygen atoms in total. The van der Waals surface area contributed by atoms with Gasteiger partial charge in [0.1, 0.15) is 0 Å². The van der Waals surface area contributed by atoms with Crippen molar-refractivity contribution in [2.45, 2.75) is 32.1 Å². The largest absolute Gasteiger partial charge is 0.432 e. The molecule has 11 heteroatoms. The lowest BCUT2D eigenvalue weighted by Crippen LogP contribution is -2.38. The van der Waals surface area contributed by atoms with Crippen molar-refractivity contribution >= 4 is 35.7 Å². The van der Waals surface area contributed by atoms with Crippen LogP contribution >= 0.6 is 0 Å². The van der Waals surface area contributed by atoms with E-state index in [1.807, 2.05) is 0 Å². The van der Waals surface area contributed by atoms with E-state index >= 15 is 0 Å². The Morgan fingerprint density at radius 1 is 0.826 bits per heavy atom. The molecular weight excluding hydrogens is 314 g/mol. The van der Waals surface area contributed by atoms with E-state index in [4.69, 9.17) is 0 Å². The number of carbonyl (C=O) groups excluding carboxylic acids is 6. The van der Waals surface area contributed by atoms with Crippen LogP contribution in [0.15, 0.2) is 0 Å². The second-order valence-electron chi connectivity index (χ2n) is 4.68. The highest BCUT2D eigenvalue weighted by atomic mass is 16.7. The van der Waals surface area contributed by atoms with Crippen LogP contribution in [0.25, 0.3) is 0 Å². The molecule has 0 bridgehead atoms. The van der Waals surface area contributed by atoms with E-state index in [9.17, 15) is 28.8 Å². The Kier molecular flexibility index (Phi) is 4.88. The maximum Gasteiger partial charge on any atom is 0.432 e. The van der Waals surface area contributed by atoms with E-state index in [-0.39, 0.29) is 38.6 Å². The molecule has 2 rings (SSSR count). The van der Waals surface area contributed by atoms with Gasteiger partial charge in [-0.15, -0.1) is 10.1 Å². The molecule has 2 aliphatic rings. The van der Waals surface area contributed by atoms with Crippen LogP contribution in [-0.4, -0.2) is 52.4 Å². The zero-order chi connectivity index (χ0) is 17.0. The van der Waals surface area contributed by atoms with Crippen molar-refractivity contribution < 1.29 is 38.4 Å². The van der Waals surface area contributed by atoms with Crippen molar-refractivity contribution in [1.29, 1.82) is 0 Å². The van der Waals surface area contributed by atoms with Gasteiger partial charge < -0.3 is 15.0 Å². The summed E-state index contributed by atoms with van der Waals surface area (Å²) in [5.74, 6) is -3.38. The fourth-order valence-electron chi connectivity index (χ4n) is 1.84. The third-order valence-electron chi connectivity index (χ3n) is 2.98. The number of rotatable bonds is 5. The molecule has 5 amide bonds. The van der Waals surface area contributed by atoms with Gasteiger partial charge in [-0.05, 0) is 0 Å². The number of hydroxylamine groups is 4. The van der Waals surface area contributed by atoms with Gasteiger partial charge in [0.2, 0.25) is 0 Å². The number of imide groups is 2. The molecule has 0 aromatic heterocycles. The Bertz CT molecular complexity index is 505. The Labute approximate surface area is 129 Å². The van der Waals surface area contributed by atoms with Crippen LogP contribution in [0, 0.1) is 0 Å². The number of carbonyl (C=O) groups is 6. The first-order chi connectivity index (χ1) is 10.9. The van der Waals surface area contributed by atoms with E-state index in [2.05, 4.69) is 15.0 Å². The van der Waals surface area contributed by atoms with Crippen molar-refractivity contribution in [3.05, 3.63) is 0 Å². The second-order valence-corrected chi connectivity index (χ2v) is 4.68. The third-order valence-corrected chi connectivity index (χ3v) is 2.98. The highest BCUT2D eigenvalue weighted by Gasteiger charge is 2.34. The normalized spacial score (nSPS) is 17.7. The summed E-state index contributed by atoms with van der Waals surface area (Å²) in [4.78, 5) is 76.8. The molecule has 124 valence electrons. The molecule has 2 aliphatic heterocycles. The minimum atomic E-state index is -1.09. The van der Waals surface area contributed by atoms with Crippen LogP contribution < -0.4 is 5.32 Å². The average molecular weight is 327 g/mol. The van der Waals surface area contributed by atoms with Gasteiger partial charge in [0, 0.05) is 32.2 Å². The molecule has 0 saturated carbocycles. The van der Waals surface area contributed by atoms with Gasteiger partial charge in [-0.3, -0.25) is 19.2 Å². The van der Waals surface area contributed by atoms with Gasteiger partial charge >= 0.3 is 12.1 Å². The maximum atomic E-state index is 11.4. The van der Waals surface area contributed by atoms with Crippen molar-refractivity contribution in [2.24, 2.45) is 0 Å². The Morgan fingerprint density at radius 3 is 1.74 bits per heavy atom. The van der Waals surface area contributed by atoms with Crippen LogP contribution in [0.4, 0.5) is 4.79 Å². The molecule has 0 unspecified atom stereocenters. The van der Waals surface area contributed by atoms with Gasteiger partial charge in [-0.2, -0.15) is 0 Å². The van der Waals surface area contributed by atoms with Gasteiger partial charge in [-0.25, -0.2) is 9.59 Å². The quantitative estimate of drug-likeness (QED) is 0.619. The van der Waals surface area contributed by atoms with Crippen LogP contribution in [0.1, 0.15) is 32.1 Å². The fourth-order valence-corrected chi connectivity index (χ4v) is 1.84. The highest BCUT2D eigenvalue weighted by molar-refractivity contribution is 6.02. The second kappa shape index (κ2) is 6.85. The molecule has 0 spiro atoms. The fraction of sp³-hybridized carbons (Fsp3) is 0.500. The number of hydrogen-bond acceptors (Lipinski definition) is 8. The lowest BCUT2D eigenvalue weighted by atomic mass is 10.4. The van der Waals surface area contributed by atoms with E-state index < -0.39 is 35.7 Å². The SMILES string of the molecule is O=C(CCNC(=O)ON1C(=O)CCC1=O)ON1C(=O)CCC1=O. The molecule has 0 atom stereocenters. The van der Waals surface area contributed by atoms with Crippen molar-refractivity contribution in [3.8, 4) is 0 Å². The summed E-state index contributed by atoms with van der Waals surface area (Å²) in [6.07, 6.45) is -1.53. The summed E-state index contributed by atoms with van der Waals surface area (Å²) in [5, 5.41) is 2.88. The average Bonchev–Trinajstić information content (AvgIpc) is 2.97. The lowest BCUT2D eigenvalue weighted by Gasteiger charge is -2.14. The van der Waals surface area contributed by atoms with Crippen molar-refractivity contribution in [2.75, 3.05) is 6.54 Å². The number of hydrogen-bond donors (Lipinski definition) is 1. The Morgan fingerprint density at radius 2 is 1.26 bits per heavy atom. The van der Waals surface area contributed by atoms with Gasteiger partial charge in [0.15, 0.2) is 0 Å². The predicted molar refractivity (Wildman–Crippen MR) is 67.4 cm³/mol. The topological polar surface area (TPSA) is 139 Å². The predicted octanol–water partition coefficient (Wildman–Crippen LogP) is -1.23. The molecule has 23 heavy (non-hydrogen) atoms. The zero-order valence-corrected chi connectivity index (χ0v) is 11.9. The van der Waals surface area contributed by atoms with Crippen LogP contribution in [0.3, 0.4) is 0 Å². The van der Waals surface area contributed by atoms with Gasteiger partial charge in [0.25, 0.3) is 23.6 Å². The molecule has 0 aromatic rings. The minimum absolute atomic E-state index is 0.0193. The summed E-state index contributed by atoms with van der Waals surface area (Å²) < 4.78 is 0. The molecule has 2 saturated heterocycles. The lowest BCUT2D eigenvalue weighted by molar-refractivity contribution is -0.197. The van der Waals surface area contributed by atoms with E-state index in [0.717, 1.165) is 0 Å². The first-order valence-corrected chi connectivity index (χ1v) is 6.76. The van der Waals surface area contributed by atoms with Crippen molar-refractivity contribution in [1.82, 2.24) is 15.4 Å². The standard InChI is InChI=1S/C12H13N3O8/c16-7-1-2-8(17)14(7)22-11(20)5-6-13-12(21)23-15-9(18)3-4-10(15)19/h1-6H2,(H,13,21). The summed E-state index contributed by atoms with van der Waals surface area (Å²) in [6, 6.07) is 0. The smallest absolute Gasteiger partial charge is 0.330 e. The Balaban J connectivity index is 1.68. The monoisotopic (exact) mass is 327 g/mol. The van der Waals surface area contributed by atoms with Gasteiger partial charge in [-0.1, -0.05) is 0 Å². The molecule has 0 aliphatic carbocycles. The number of nitrogens with one attached hydrogen (secondary N) is 1. The number of nitrogens with zero attached hydrogens (tertiary/aromatic N) is 2. The highest BCUT2D eigenvalue weighted by Crippen LogP contribution is 2.13. The van der Waals surface area contributed by atoms with Crippen LogP contribution in [0.5, 0.6) is 0 Å². The third kappa shape index (κ3) is 4.02. The summed E-state index contributed by atoms with van der Waals surface area (Å²) in [6.45, 7) is -0.232. The van der Waals surface area contributed by atoms with E-state index in [1.54, 1.807) is 0 Å². The molecule has 0 radical (unpaired) electrons. The zero-order valence-electron chi connectivity index (χ0n) is 11.9. The number of amides is 5. The van der Waals surface area contributed by atoms with Crippen molar-refractivity contribution in [3.63, 3.8) is 0 Å². The molecular formula is C12H13N3O8. The van der Waals surface area contributed by atoms with E-state index in [0.29, 0.717) is 10.1 Å². The molecule has 0 aromatic carbocycles. The summed E-state index contributed by atoms with van der Waals surface area (Å²) >= 11 is 0. The molecule has 2 heterocycles. The van der Waals surface area contributed by atoms with Crippen LogP contribution in [-0.2, 0) is 33.6 Å². The Hall–Kier alpha value is -2.98. The summed E-state index contributed by atoms with van der Waals surface area (Å²) in [7, 11) is 0. The van der Waals surface area contributed by atoms with E-state index in [1.165, 1.54) is 0 Å². The first-order valence-electron chi connectivity index (χ1n) is 6.76.